The van der Waals surface area contributed by atoms with Crippen molar-refractivity contribution in [2.75, 3.05) is 13.9 Å². The normalized spacial score (nSPS) is 11.4. The highest BCUT2D eigenvalue weighted by molar-refractivity contribution is 5.35. The Balaban J connectivity index is 2.41. The summed E-state index contributed by atoms with van der Waals surface area (Å²) in [6.07, 6.45) is 0. The van der Waals surface area contributed by atoms with Gasteiger partial charge in [-0.3, -0.25) is 0 Å². The Morgan fingerprint density at radius 2 is 1.28 bits per heavy atom. The average molecular weight is 242 g/mol. The first-order valence-electron chi connectivity index (χ1n) is 6.01. The molecule has 2 heteroatoms. The first-order valence-corrected chi connectivity index (χ1v) is 6.01. The molecule has 2 rings (SSSR count). The van der Waals surface area contributed by atoms with E-state index in [1.165, 1.54) is 0 Å². The fourth-order valence-electron chi connectivity index (χ4n) is 2.02. The van der Waals surface area contributed by atoms with Gasteiger partial charge in [0.25, 0.3) is 0 Å². The van der Waals surface area contributed by atoms with Crippen molar-refractivity contribution >= 4 is 0 Å². The standard InChI is InChI=1S/C16H18O2/c1-16(18-13-17-2,14-9-5-3-6-10-14)15-11-7-4-8-12-15/h3-12H,13H2,1-2H3. The Morgan fingerprint density at radius 1 is 0.833 bits per heavy atom. The maximum atomic E-state index is 5.93. The van der Waals surface area contributed by atoms with Crippen molar-refractivity contribution in [3.05, 3.63) is 71.8 Å². The van der Waals surface area contributed by atoms with Crippen LogP contribution in [0.25, 0.3) is 0 Å². The maximum absolute atomic E-state index is 5.93. The molecule has 0 heterocycles. The molecule has 0 N–H and O–H groups in total. The zero-order valence-corrected chi connectivity index (χ0v) is 10.8. The summed E-state index contributed by atoms with van der Waals surface area (Å²) in [4.78, 5) is 0. The predicted octanol–water partition coefficient (Wildman–Crippen LogP) is 3.57. The van der Waals surface area contributed by atoms with E-state index in [1.807, 2.05) is 36.4 Å². The van der Waals surface area contributed by atoms with Crippen LogP contribution in [0.4, 0.5) is 0 Å². The van der Waals surface area contributed by atoms with Crippen molar-refractivity contribution in [2.24, 2.45) is 0 Å². The lowest BCUT2D eigenvalue weighted by atomic mass is 9.88. The van der Waals surface area contributed by atoms with Gasteiger partial charge in [0.05, 0.1) is 0 Å². The Morgan fingerprint density at radius 3 is 1.67 bits per heavy atom. The van der Waals surface area contributed by atoms with Gasteiger partial charge in [-0.15, -0.1) is 0 Å². The lowest BCUT2D eigenvalue weighted by molar-refractivity contribution is -0.107. The molecular weight excluding hydrogens is 224 g/mol. The van der Waals surface area contributed by atoms with Gasteiger partial charge in [0, 0.05) is 7.11 Å². The summed E-state index contributed by atoms with van der Waals surface area (Å²) < 4.78 is 11.0. The Hall–Kier alpha value is -1.64. The van der Waals surface area contributed by atoms with Crippen LogP contribution in [0.2, 0.25) is 0 Å². The minimum absolute atomic E-state index is 0.264. The lowest BCUT2D eigenvalue weighted by Gasteiger charge is -2.30. The highest BCUT2D eigenvalue weighted by Gasteiger charge is 2.29. The summed E-state index contributed by atoms with van der Waals surface area (Å²) in [6.45, 7) is 2.33. The van der Waals surface area contributed by atoms with E-state index in [0.29, 0.717) is 0 Å². The molecule has 0 unspecified atom stereocenters. The SMILES string of the molecule is COCOC(C)(c1ccccc1)c1ccccc1. The highest BCUT2D eigenvalue weighted by Crippen LogP contribution is 2.32. The minimum Gasteiger partial charge on any atom is -0.359 e. The molecule has 2 aromatic rings. The van der Waals surface area contributed by atoms with Gasteiger partial charge in [-0.05, 0) is 18.1 Å². The summed E-state index contributed by atoms with van der Waals surface area (Å²) >= 11 is 0. The summed E-state index contributed by atoms with van der Waals surface area (Å²) in [5.41, 5.74) is 1.75. The maximum Gasteiger partial charge on any atom is 0.148 e. The molecule has 2 nitrogen and oxygen atoms in total. The molecule has 0 aliphatic heterocycles. The summed E-state index contributed by atoms with van der Waals surface area (Å²) in [5, 5.41) is 0. The van der Waals surface area contributed by atoms with Gasteiger partial charge in [-0.1, -0.05) is 60.7 Å². The molecule has 0 aliphatic carbocycles. The van der Waals surface area contributed by atoms with E-state index < -0.39 is 5.60 Å². The van der Waals surface area contributed by atoms with Crippen molar-refractivity contribution in [2.45, 2.75) is 12.5 Å². The smallest absolute Gasteiger partial charge is 0.148 e. The molecule has 0 saturated carbocycles. The summed E-state index contributed by atoms with van der Waals surface area (Å²) in [5.74, 6) is 0. The van der Waals surface area contributed by atoms with E-state index in [-0.39, 0.29) is 6.79 Å². The Labute approximate surface area is 108 Å². The number of methoxy groups -OCH3 is 1. The van der Waals surface area contributed by atoms with Gasteiger partial charge < -0.3 is 9.47 Å². The van der Waals surface area contributed by atoms with E-state index in [1.54, 1.807) is 7.11 Å². The molecule has 0 amide bonds. The molecule has 0 atom stereocenters. The van der Waals surface area contributed by atoms with Gasteiger partial charge in [0.1, 0.15) is 12.4 Å². The summed E-state index contributed by atoms with van der Waals surface area (Å²) in [7, 11) is 1.64. The van der Waals surface area contributed by atoms with Crippen LogP contribution < -0.4 is 0 Å². The fraction of sp³-hybridized carbons (Fsp3) is 0.250. The van der Waals surface area contributed by atoms with Gasteiger partial charge >= 0.3 is 0 Å². The van der Waals surface area contributed by atoms with E-state index in [0.717, 1.165) is 11.1 Å². The molecule has 0 bridgehead atoms. The van der Waals surface area contributed by atoms with Gasteiger partial charge in [-0.25, -0.2) is 0 Å². The van der Waals surface area contributed by atoms with Crippen molar-refractivity contribution in [1.82, 2.24) is 0 Å². The zero-order valence-electron chi connectivity index (χ0n) is 10.8. The molecular formula is C16H18O2. The fourth-order valence-corrected chi connectivity index (χ4v) is 2.02. The molecule has 0 radical (unpaired) electrons. The van der Waals surface area contributed by atoms with Crippen LogP contribution in [0.1, 0.15) is 18.1 Å². The third kappa shape index (κ3) is 2.61. The largest absolute Gasteiger partial charge is 0.359 e. The van der Waals surface area contributed by atoms with Crippen LogP contribution in [0, 0.1) is 0 Å². The third-order valence-electron chi connectivity index (χ3n) is 3.11. The molecule has 0 fully saturated rings. The molecule has 0 aliphatic rings. The predicted molar refractivity (Wildman–Crippen MR) is 72.3 cm³/mol. The van der Waals surface area contributed by atoms with Crippen LogP contribution in [0.5, 0.6) is 0 Å². The second-order valence-electron chi connectivity index (χ2n) is 4.32. The highest BCUT2D eigenvalue weighted by atomic mass is 16.7. The van der Waals surface area contributed by atoms with Gasteiger partial charge in [0.2, 0.25) is 0 Å². The quantitative estimate of drug-likeness (QED) is 0.746. The second kappa shape index (κ2) is 5.80. The first-order chi connectivity index (χ1) is 8.77. The van der Waals surface area contributed by atoms with Crippen molar-refractivity contribution in [3.8, 4) is 0 Å². The minimum atomic E-state index is -0.488. The number of hydrogen-bond acceptors (Lipinski definition) is 2. The monoisotopic (exact) mass is 242 g/mol. The molecule has 0 aromatic heterocycles. The van der Waals surface area contributed by atoms with Crippen molar-refractivity contribution in [1.29, 1.82) is 0 Å². The number of hydrogen-bond donors (Lipinski definition) is 0. The molecule has 0 saturated heterocycles. The Kier molecular flexibility index (Phi) is 4.13. The average Bonchev–Trinajstić information content (AvgIpc) is 2.46. The van der Waals surface area contributed by atoms with E-state index in [4.69, 9.17) is 9.47 Å². The van der Waals surface area contributed by atoms with Crippen molar-refractivity contribution in [3.63, 3.8) is 0 Å². The lowest BCUT2D eigenvalue weighted by Crippen LogP contribution is -2.28. The molecule has 0 spiro atoms. The van der Waals surface area contributed by atoms with E-state index in [9.17, 15) is 0 Å². The van der Waals surface area contributed by atoms with Crippen LogP contribution in [0.3, 0.4) is 0 Å². The molecule has 2 aromatic carbocycles. The van der Waals surface area contributed by atoms with Crippen LogP contribution in [-0.2, 0) is 15.1 Å². The van der Waals surface area contributed by atoms with Crippen LogP contribution >= 0.6 is 0 Å². The van der Waals surface area contributed by atoms with Crippen LogP contribution in [0.15, 0.2) is 60.7 Å². The second-order valence-corrected chi connectivity index (χ2v) is 4.32. The number of ether oxygens (including phenoxy) is 2. The molecule has 18 heavy (non-hydrogen) atoms. The molecule has 94 valence electrons. The number of rotatable bonds is 5. The van der Waals surface area contributed by atoms with Crippen LogP contribution in [-0.4, -0.2) is 13.9 Å². The van der Waals surface area contributed by atoms with Gasteiger partial charge in [0.15, 0.2) is 0 Å². The first kappa shape index (κ1) is 12.8. The van der Waals surface area contributed by atoms with E-state index in [2.05, 4.69) is 31.2 Å². The third-order valence-corrected chi connectivity index (χ3v) is 3.11. The van der Waals surface area contributed by atoms with Gasteiger partial charge in [-0.2, -0.15) is 0 Å². The van der Waals surface area contributed by atoms with E-state index >= 15 is 0 Å². The number of benzene rings is 2. The van der Waals surface area contributed by atoms with Crippen molar-refractivity contribution < 1.29 is 9.47 Å². The summed E-state index contributed by atoms with van der Waals surface area (Å²) in [6, 6.07) is 20.4. The topological polar surface area (TPSA) is 18.5 Å². The Bertz CT molecular complexity index is 425. The zero-order chi connectivity index (χ0) is 12.8.